The standard InChI is InChI=1S/C15H22N2O2/c16-12-4-1-2-5-13(12)17-11-6-7-14-15(10-11)19-9-3-8-18-14/h6-7,10,12-13,17H,1-5,8-9,16H2. The van der Waals surface area contributed by atoms with Crippen LogP contribution in [0, 0.1) is 0 Å². The van der Waals surface area contributed by atoms with Crippen molar-refractivity contribution in [3.8, 4) is 11.5 Å². The van der Waals surface area contributed by atoms with Gasteiger partial charge in [-0.15, -0.1) is 0 Å². The van der Waals surface area contributed by atoms with Crippen LogP contribution in [-0.4, -0.2) is 25.3 Å². The molecule has 1 aliphatic heterocycles. The van der Waals surface area contributed by atoms with Crippen molar-refractivity contribution >= 4 is 5.69 Å². The van der Waals surface area contributed by atoms with Gasteiger partial charge >= 0.3 is 0 Å². The molecule has 0 bridgehead atoms. The van der Waals surface area contributed by atoms with Gasteiger partial charge in [-0.25, -0.2) is 0 Å². The van der Waals surface area contributed by atoms with E-state index in [2.05, 4.69) is 11.4 Å². The third kappa shape index (κ3) is 2.95. The monoisotopic (exact) mass is 262 g/mol. The summed E-state index contributed by atoms with van der Waals surface area (Å²) in [4.78, 5) is 0. The van der Waals surface area contributed by atoms with Crippen molar-refractivity contribution < 1.29 is 9.47 Å². The Labute approximate surface area is 114 Å². The Bertz CT molecular complexity index is 436. The van der Waals surface area contributed by atoms with Crippen molar-refractivity contribution in [1.82, 2.24) is 0 Å². The number of hydrogen-bond donors (Lipinski definition) is 2. The van der Waals surface area contributed by atoms with Crippen molar-refractivity contribution in [2.45, 2.75) is 44.2 Å². The molecule has 1 aromatic rings. The highest BCUT2D eigenvalue weighted by Gasteiger charge is 2.22. The van der Waals surface area contributed by atoms with E-state index in [0.717, 1.165) is 49.7 Å². The lowest BCUT2D eigenvalue weighted by molar-refractivity contribution is 0.297. The van der Waals surface area contributed by atoms with Crippen LogP contribution in [-0.2, 0) is 0 Å². The van der Waals surface area contributed by atoms with E-state index in [1.54, 1.807) is 0 Å². The lowest BCUT2D eigenvalue weighted by atomic mass is 9.91. The maximum atomic E-state index is 6.17. The predicted octanol–water partition coefficient (Wildman–Crippen LogP) is 2.53. The first kappa shape index (κ1) is 12.6. The lowest BCUT2D eigenvalue weighted by Crippen LogP contribution is -2.42. The van der Waals surface area contributed by atoms with Gasteiger partial charge in [0.25, 0.3) is 0 Å². The van der Waals surface area contributed by atoms with Crippen molar-refractivity contribution in [2.75, 3.05) is 18.5 Å². The van der Waals surface area contributed by atoms with Crippen LogP contribution in [0.15, 0.2) is 18.2 Å². The van der Waals surface area contributed by atoms with Gasteiger partial charge in [-0.2, -0.15) is 0 Å². The zero-order valence-electron chi connectivity index (χ0n) is 11.2. The molecule has 19 heavy (non-hydrogen) atoms. The summed E-state index contributed by atoms with van der Waals surface area (Å²) in [6, 6.07) is 6.69. The quantitative estimate of drug-likeness (QED) is 0.860. The molecular weight excluding hydrogens is 240 g/mol. The molecule has 1 aromatic carbocycles. The summed E-state index contributed by atoms with van der Waals surface area (Å²) >= 11 is 0. The van der Waals surface area contributed by atoms with Gasteiger partial charge in [-0.3, -0.25) is 0 Å². The summed E-state index contributed by atoms with van der Waals surface area (Å²) in [5.41, 5.74) is 7.25. The predicted molar refractivity (Wildman–Crippen MR) is 75.9 cm³/mol. The molecule has 0 spiro atoms. The number of nitrogens with two attached hydrogens (primary N) is 1. The smallest absolute Gasteiger partial charge is 0.163 e. The topological polar surface area (TPSA) is 56.5 Å². The molecule has 2 atom stereocenters. The molecule has 0 radical (unpaired) electrons. The normalized spacial score (nSPS) is 26.6. The molecule has 104 valence electrons. The molecule has 3 N–H and O–H groups in total. The fraction of sp³-hybridized carbons (Fsp3) is 0.600. The van der Waals surface area contributed by atoms with E-state index in [1.807, 2.05) is 12.1 Å². The van der Waals surface area contributed by atoms with Crippen LogP contribution in [0.1, 0.15) is 32.1 Å². The minimum absolute atomic E-state index is 0.254. The largest absolute Gasteiger partial charge is 0.490 e. The number of rotatable bonds is 2. The van der Waals surface area contributed by atoms with Crippen molar-refractivity contribution in [3.63, 3.8) is 0 Å². The molecule has 1 aliphatic carbocycles. The molecule has 4 nitrogen and oxygen atoms in total. The van der Waals surface area contributed by atoms with Crippen molar-refractivity contribution in [2.24, 2.45) is 5.73 Å². The highest BCUT2D eigenvalue weighted by Crippen LogP contribution is 2.33. The highest BCUT2D eigenvalue weighted by atomic mass is 16.5. The lowest BCUT2D eigenvalue weighted by Gasteiger charge is -2.30. The molecule has 2 unspecified atom stereocenters. The molecule has 1 heterocycles. The molecule has 2 aliphatic rings. The first-order valence-electron chi connectivity index (χ1n) is 7.25. The summed E-state index contributed by atoms with van der Waals surface area (Å²) in [7, 11) is 0. The van der Waals surface area contributed by atoms with E-state index in [4.69, 9.17) is 15.2 Å². The number of anilines is 1. The highest BCUT2D eigenvalue weighted by molar-refractivity contribution is 5.55. The number of hydrogen-bond acceptors (Lipinski definition) is 4. The molecule has 0 aromatic heterocycles. The minimum Gasteiger partial charge on any atom is -0.490 e. The van der Waals surface area contributed by atoms with Gasteiger partial charge in [0.1, 0.15) is 0 Å². The van der Waals surface area contributed by atoms with Gasteiger partial charge in [0.15, 0.2) is 11.5 Å². The third-order valence-electron chi connectivity index (χ3n) is 3.92. The Balaban J connectivity index is 1.72. The van der Waals surface area contributed by atoms with E-state index >= 15 is 0 Å². The summed E-state index contributed by atoms with van der Waals surface area (Å²) in [6.07, 6.45) is 5.71. The summed E-state index contributed by atoms with van der Waals surface area (Å²) < 4.78 is 11.3. The Morgan fingerprint density at radius 1 is 1.00 bits per heavy atom. The molecule has 1 fully saturated rings. The average molecular weight is 262 g/mol. The average Bonchev–Trinajstić information content (AvgIpc) is 2.66. The Kier molecular flexibility index (Phi) is 3.78. The summed E-state index contributed by atoms with van der Waals surface area (Å²) in [6.45, 7) is 1.45. The van der Waals surface area contributed by atoms with E-state index in [-0.39, 0.29) is 6.04 Å². The Morgan fingerprint density at radius 3 is 2.63 bits per heavy atom. The minimum atomic E-state index is 0.254. The fourth-order valence-corrected chi connectivity index (χ4v) is 2.81. The van der Waals surface area contributed by atoms with Gasteiger partial charge < -0.3 is 20.5 Å². The van der Waals surface area contributed by atoms with Crippen LogP contribution < -0.4 is 20.5 Å². The zero-order valence-corrected chi connectivity index (χ0v) is 11.2. The van der Waals surface area contributed by atoms with Crippen LogP contribution in [0.25, 0.3) is 0 Å². The Morgan fingerprint density at radius 2 is 1.79 bits per heavy atom. The fourth-order valence-electron chi connectivity index (χ4n) is 2.81. The second-order valence-electron chi connectivity index (χ2n) is 5.41. The molecule has 0 saturated heterocycles. The van der Waals surface area contributed by atoms with Gasteiger partial charge in [0.05, 0.1) is 13.2 Å². The SMILES string of the molecule is NC1CCCCC1Nc1ccc2c(c1)OCCCO2. The number of ether oxygens (including phenoxy) is 2. The maximum Gasteiger partial charge on any atom is 0.163 e. The van der Waals surface area contributed by atoms with E-state index in [0.29, 0.717) is 6.04 Å². The van der Waals surface area contributed by atoms with Crippen LogP contribution in [0.4, 0.5) is 5.69 Å². The summed E-state index contributed by atoms with van der Waals surface area (Å²) in [5.74, 6) is 1.68. The first-order chi connectivity index (χ1) is 9.33. The molecule has 3 rings (SSSR count). The maximum absolute atomic E-state index is 6.17. The van der Waals surface area contributed by atoms with Crippen LogP contribution in [0.5, 0.6) is 11.5 Å². The van der Waals surface area contributed by atoms with E-state index in [1.165, 1.54) is 12.8 Å². The first-order valence-corrected chi connectivity index (χ1v) is 7.25. The van der Waals surface area contributed by atoms with E-state index < -0.39 is 0 Å². The van der Waals surface area contributed by atoms with Crippen LogP contribution in [0.2, 0.25) is 0 Å². The van der Waals surface area contributed by atoms with Crippen LogP contribution in [0.3, 0.4) is 0 Å². The number of benzene rings is 1. The Hall–Kier alpha value is -1.42. The summed E-state index contributed by atoms with van der Waals surface area (Å²) in [5, 5.41) is 3.54. The third-order valence-corrected chi connectivity index (χ3v) is 3.92. The second kappa shape index (κ2) is 5.70. The van der Waals surface area contributed by atoms with E-state index in [9.17, 15) is 0 Å². The molecule has 1 saturated carbocycles. The van der Waals surface area contributed by atoms with Crippen molar-refractivity contribution in [1.29, 1.82) is 0 Å². The van der Waals surface area contributed by atoms with Gasteiger partial charge in [-0.1, -0.05) is 12.8 Å². The zero-order chi connectivity index (χ0) is 13.1. The molecule has 4 heteroatoms. The molecule has 0 amide bonds. The van der Waals surface area contributed by atoms with Gasteiger partial charge in [0.2, 0.25) is 0 Å². The number of nitrogens with one attached hydrogen (secondary N) is 1. The van der Waals surface area contributed by atoms with Crippen molar-refractivity contribution in [3.05, 3.63) is 18.2 Å². The van der Waals surface area contributed by atoms with Gasteiger partial charge in [0, 0.05) is 30.3 Å². The van der Waals surface area contributed by atoms with Crippen LogP contribution >= 0.6 is 0 Å². The van der Waals surface area contributed by atoms with Gasteiger partial charge in [-0.05, 0) is 25.0 Å². The number of fused-ring (bicyclic) bond motifs is 1. The molecular formula is C15H22N2O2. The second-order valence-corrected chi connectivity index (χ2v) is 5.41.